The molecule has 7 heteroatoms. The summed E-state index contributed by atoms with van der Waals surface area (Å²) in [5, 5.41) is 10.5. The van der Waals surface area contributed by atoms with E-state index in [4.69, 9.17) is 5.84 Å². The van der Waals surface area contributed by atoms with Gasteiger partial charge in [0.25, 0.3) is 0 Å². The highest BCUT2D eigenvalue weighted by Gasteiger charge is 2.26. The topological polar surface area (TPSA) is 87.3 Å². The number of nitrogens with zero attached hydrogens (tertiary/aromatic N) is 3. The average molecular weight is 307 g/mol. The number of hydrogen-bond donors (Lipinski definition) is 3. The molecule has 21 heavy (non-hydrogen) atoms. The van der Waals surface area contributed by atoms with Crippen LogP contribution in [-0.2, 0) is 0 Å². The van der Waals surface area contributed by atoms with Crippen molar-refractivity contribution in [1.29, 1.82) is 0 Å². The van der Waals surface area contributed by atoms with Crippen LogP contribution in [0.1, 0.15) is 30.6 Å². The monoisotopic (exact) mass is 307 g/mol. The van der Waals surface area contributed by atoms with Gasteiger partial charge in [-0.2, -0.15) is 4.98 Å². The summed E-state index contributed by atoms with van der Waals surface area (Å²) in [5.74, 6) is 6.82. The molecule has 1 aliphatic rings. The molecule has 0 aliphatic heterocycles. The Kier molecular flexibility index (Phi) is 4.23. The van der Waals surface area contributed by atoms with Gasteiger partial charge in [-0.15, -0.1) is 11.3 Å². The van der Waals surface area contributed by atoms with Crippen molar-refractivity contribution in [2.24, 2.45) is 5.84 Å². The lowest BCUT2D eigenvalue weighted by atomic mass is 10.2. The van der Waals surface area contributed by atoms with Gasteiger partial charge in [-0.3, -0.25) is 5.43 Å². The molecule has 1 aliphatic carbocycles. The van der Waals surface area contributed by atoms with E-state index in [9.17, 15) is 5.11 Å². The highest BCUT2D eigenvalue weighted by atomic mass is 32.1. The van der Waals surface area contributed by atoms with Crippen molar-refractivity contribution >= 4 is 33.3 Å². The van der Waals surface area contributed by atoms with Gasteiger partial charge in [0, 0.05) is 17.5 Å². The molecule has 0 atom stereocenters. The van der Waals surface area contributed by atoms with Gasteiger partial charge in [-0.05, 0) is 25.8 Å². The Morgan fingerprint density at radius 2 is 2.19 bits per heavy atom. The number of nitrogen functional groups attached to an aromatic ring is 1. The summed E-state index contributed by atoms with van der Waals surface area (Å²) < 4.78 is 0. The Bertz CT molecular complexity index is 623. The fourth-order valence-electron chi connectivity index (χ4n) is 3.10. The van der Waals surface area contributed by atoms with Crippen molar-refractivity contribution < 1.29 is 5.11 Å². The number of aliphatic hydroxyl groups excluding tert-OH is 1. The molecule has 1 saturated carbocycles. The summed E-state index contributed by atoms with van der Waals surface area (Å²) in [4.78, 5) is 13.4. The van der Waals surface area contributed by atoms with Crippen molar-refractivity contribution in [1.82, 2.24) is 9.97 Å². The van der Waals surface area contributed by atoms with Crippen LogP contribution in [-0.4, -0.2) is 34.3 Å². The van der Waals surface area contributed by atoms with Crippen LogP contribution in [0, 0.1) is 6.92 Å². The molecule has 0 amide bonds. The molecular weight excluding hydrogens is 286 g/mol. The van der Waals surface area contributed by atoms with Gasteiger partial charge in [0.05, 0.1) is 12.0 Å². The molecule has 1 fully saturated rings. The highest BCUT2D eigenvalue weighted by molar-refractivity contribution is 7.18. The van der Waals surface area contributed by atoms with E-state index in [1.807, 2.05) is 0 Å². The van der Waals surface area contributed by atoms with Gasteiger partial charge in [-0.1, -0.05) is 12.8 Å². The van der Waals surface area contributed by atoms with Gasteiger partial charge in [0.2, 0.25) is 5.95 Å². The number of aromatic nitrogens is 2. The summed E-state index contributed by atoms with van der Waals surface area (Å²) in [7, 11) is 0. The third-order valence-corrected chi connectivity index (χ3v) is 4.95. The maximum absolute atomic E-state index is 9.44. The van der Waals surface area contributed by atoms with E-state index >= 15 is 0 Å². The van der Waals surface area contributed by atoms with Crippen LogP contribution >= 0.6 is 11.3 Å². The Labute approximate surface area is 128 Å². The quantitative estimate of drug-likeness (QED) is 0.579. The molecule has 0 aromatic carbocycles. The molecule has 0 spiro atoms. The number of anilines is 2. The van der Waals surface area contributed by atoms with Crippen LogP contribution in [0.15, 0.2) is 6.07 Å². The van der Waals surface area contributed by atoms with Crippen LogP contribution < -0.4 is 16.2 Å². The number of thiophene rings is 1. The predicted molar refractivity (Wildman–Crippen MR) is 86.6 cm³/mol. The first-order valence-corrected chi connectivity index (χ1v) is 8.17. The van der Waals surface area contributed by atoms with Gasteiger partial charge in [0.1, 0.15) is 10.6 Å². The molecule has 4 N–H and O–H groups in total. The van der Waals surface area contributed by atoms with Crippen LogP contribution in [0.5, 0.6) is 0 Å². The minimum Gasteiger partial charge on any atom is -0.395 e. The lowest BCUT2D eigenvalue weighted by Crippen LogP contribution is -2.36. The maximum atomic E-state index is 9.44. The second-order valence-corrected chi connectivity index (χ2v) is 6.68. The summed E-state index contributed by atoms with van der Waals surface area (Å²) in [6, 6.07) is 2.57. The molecule has 2 aromatic rings. The van der Waals surface area contributed by atoms with Gasteiger partial charge in [-0.25, -0.2) is 10.8 Å². The van der Waals surface area contributed by atoms with Gasteiger partial charge < -0.3 is 10.0 Å². The highest BCUT2D eigenvalue weighted by Crippen LogP contribution is 2.35. The third kappa shape index (κ3) is 2.81. The zero-order valence-corrected chi connectivity index (χ0v) is 13.0. The SMILES string of the molecule is Cc1cc2c(N(CCO)C3CCCC3)nc(NN)nc2s1. The minimum atomic E-state index is 0.122. The molecule has 0 saturated heterocycles. The normalized spacial score (nSPS) is 15.8. The summed E-state index contributed by atoms with van der Waals surface area (Å²) in [6.45, 7) is 2.78. The smallest absolute Gasteiger partial charge is 0.240 e. The minimum absolute atomic E-state index is 0.122. The lowest BCUT2D eigenvalue weighted by Gasteiger charge is -2.30. The Balaban J connectivity index is 2.09. The fourth-order valence-corrected chi connectivity index (χ4v) is 3.97. The summed E-state index contributed by atoms with van der Waals surface area (Å²) in [5.41, 5.74) is 2.55. The van der Waals surface area contributed by atoms with Crippen LogP contribution in [0.3, 0.4) is 0 Å². The number of fused-ring (bicyclic) bond motifs is 1. The van der Waals surface area contributed by atoms with E-state index in [1.165, 1.54) is 17.7 Å². The first kappa shape index (κ1) is 14.5. The first-order valence-electron chi connectivity index (χ1n) is 7.35. The largest absolute Gasteiger partial charge is 0.395 e. The molecular formula is C14H21N5OS. The van der Waals surface area contributed by atoms with E-state index in [0.717, 1.165) is 28.9 Å². The zero-order chi connectivity index (χ0) is 14.8. The molecule has 3 rings (SSSR count). The van der Waals surface area contributed by atoms with Crippen LogP contribution in [0.4, 0.5) is 11.8 Å². The number of hydrogen-bond acceptors (Lipinski definition) is 7. The van der Waals surface area contributed by atoms with Crippen molar-refractivity contribution in [2.75, 3.05) is 23.5 Å². The summed E-state index contributed by atoms with van der Waals surface area (Å²) >= 11 is 1.64. The van der Waals surface area contributed by atoms with Gasteiger partial charge in [0.15, 0.2) is 0 Å². The van der Waals surface area contributed by atoms with E-state index in [2.05, 4.69) is 33.3 Å². The van der Waals surface area contributed by atoms with E-state index in [1.54, 1.807) is 11.3 Å². The maximum Gasteiger partial charge on any atom is 0.240 e. The zero-order valence-electron chi connectivity index (χ0n) is 12.2. The molecule has 2 heterocycles. The second-order valence-electron chi connectivity index (χ2n) is 5.45. The van der Waals surface area contributed by atoms with Crippen molar-refractivity contribution in [2.45, 2.75) is 38.6 Å². The molecule has 0 radical (unpaired) electrons. The van der Waals surface area contributed by atoms with Gasteiger partial charge >= 0.3 is 0 Å². The molecule has 2 aromatic heterocycles. The first-order chi connectivity index (χ1) is 10.2. The van der Waals surface area contributed by atoms with Crippen molar-refractivity contribution in [3.8, 4) is 0 Å². The molecule has 0 unspecified atom stereocenters. The number of nitrogens with two attached hydrogens (primary N) is 1. The Hall–Kier alpha value is -1.44. The van der Waals surface area contributed by atoms with Crippen molar-refractivity contribution in [3.05, 3.63) is 10.9 Å². The fraction of sp³-hybridized carbons (Fsp3) is 0.571. The molecule has 114 valence electrons. The van der Waals surface area contributed by atoms with Crippen molar-refractivity contribution in [3.63, 3.8) is 0 Å². The number of nitrogens with one attached hydrogen (secondary N) is 1. The average Bonchev–Trinajstić information content (AvgIpc) is 3.11. The number of aryl methyl sites for hydroxylation is 1. The predicted octanol–water partition coefficient (Wildman–Crippen LogP) is 2.03. The van der Waals surface area contributed by atoms with E-state index < -0.39 is 0 Å². The van der Waals surface area contributed by atoms with E-state index in [-0.39, 0.29) is 6.61 Å². The van der Waals surface area contributed by atoms with Crippen LogP contribution in [0.25, 0.3) is 10.2 Å². The van der Waals surface area contributed by atoms with Crippen LogP contribution in [0.2, 0.25) is 0 Å². The molecule has 6 nitrogen and oxygen atoms in total. The summed E-state index contributed by atoms with van der Waals surface area (Å²) in [6.07, 6.45) is 4.79. The number of rotatable bonds is 5. The molecule has 0 bridgehead atoms. The number of hydrazine groups is 1. The third-order valence-electron chi connectivity index (χ3n) is 4.00. The Morgan fingerprint density at radius 3 is 2.86 bits per heavy atom. The Morgan fingerprint density at radius 1 is 1.43 bits per heavy atom. The number of aliphatic hydroxyl groups is 1. The standard InChI is InChI=1S/C14H21N5OS/c1-9-8-11-12(16-14(18-15)17-13(11)21-9)19(6-7-20)10-4-2-3-5-10/h8,10,20H,2-7,15H2,1H3,(H,16,17,18). The lowest BCUT2D eigenvalue weighted by molar-refractivity contribution is 0.297. The van der Waals surface area contributed by atoms with E-state index in [0.29, 0.717) is 18.5 Å². The second kappa shape index (κ2) is 6.13.